The zero-order valence-corrected chi connectivity index (χ0v) is 10.9. The Bertz CT molecular complexity index is 687. The lowest BCUT2D eigenvalue weighted by molar-refractivity contribution is -0.139. The van der Waals surface area contributed by atoms with Crippen LogP contribution in [0.15, 0.2) is 18.2 Å². The molecule has 0 fully saturated rings. The zero-order chi connectivity index (χ0) is 12.7. The van der Waals surface area contributed by atoms with Gasteiger partial charge < -0.3 is 14.8 Å². The summed E-state index contributed by atoms with van der Waals surface area (Å²) >= 11 is 6.68. The number of hydrogen-bond donors (Lipinski definition) is 2. The normalized spacial score (nSPS) is 12.0. The maximum atomic E-state index is 10.5. The predicted octanol–water partition coefficient (Wildman–Crippen LogP) is 2.84. The molecule has 1 aliphatic rings. The molecule has 6 heteroatoms. The van der Waals surface area contributed by atoms with Gasteiger partial charge >= 0.3 is 5.97 Å². The van der Waals surface area contributed by atoms with Gasteiger partial charge in [-0.15, -0.1) is 11.3 Å². The number of nitrogens with one attached hydrogen (secondary N) is 1. The number of aromatic nitrogens is 1. The fourth-order valence-corrected chi connectivity index (χ4v) is 3.38. The third-order valence-corrected chi connectivity index (χ3v) is 4.05. The molecule has 0 spiro atoms. The highest BCUT2D eigenvalue weighted by Gasteiger charge is 2.24. The number of carboxylic acids is 1. The van der Waals surface area contributed by atoms with E-state index < -0.39 is 5.97 Å². The molecule has 2 aromatic rings. The van der Waals surface area contributed by atoms with E-state index in [0.717, 1.165) is 27.2 Å². The summed E-state index contributed by atoms with van der Waals surface area (Å²) in [6.45, 7) is -0.319. The molecule has 3 rings (SSSR count). The molecule has 0 atom stereocenters. The van der Waals surface area contributed by atoms with Crippen molar-refractivity contribution < 1.29 is 14.6 Å². The van der Waals surface area contributed by atoms with Gasteiger partial charge in [0.15, 0.2) is 10.6 Å². The second-order valence-electron chi connectivity index (χ2n) is 3.95. The molecule has 0 saturated carbocycles. The van der Waals surface area contributed by atoms with Gasteiger partial charge in [-0.3, -0.25) is 0 Å². The van der Waals surface area contributed by atoms with Crippen molar-refractivity contribution in [2.75, 3.05) is 6.61 Å². The molecular formula is C12H9NO3S2. The Labute approximate surface area is 112 Å². The van der Waals surface area contributed by atoms with Crippen LogP contribution >= 0.6 is 23.6 Å². The minimum absolute atomic E-state index is 0.319. The van der Waals surface area contributed by atoms with Crippen molar-refractivity contribution in [1.29, 1.82) is 0 Å². The van der Waals surface area contributed by atoms with Gasteiger partial charge in [-0.25, -0.2) is 4.79 Å². The van der Waals surface area contributed by atoms with Crippen LogP contribution in [0.3, 0.4) is 0 Å². The van der Waals surface area contributed by atoms with Gasteiger partial charge in [0.2, 0.25) is 0 Å². The molecule has 92 valence electrons. The number of H-pyrrole nitrogens is 1. The lowest BCUT2D eigenvalue weighted by atomic mass is 10.1. The van der Waals surface area contributed by atoms with Crippen LogP contribution in [0, 0.1) is 3.95 Å². The van der Waals surface area contributed by atoms with E-state index in [-0.39, 0.29) is 6.61 Å². The Hall–Kier alpha value is -1.66. The Morgan fingerprint density at radius 1 is 1.56 bits per heavy atom. The summed E-state index contributed by atoms with van der Waals surface area (Å²) in [5, 5.41) is 8.65. The topological polar surface area (TPSA) is 62.3 Å². The molecule has 4 nitrogen and oxygen atoms in total. The van der Waals surface area contributed by atoms with Crippen LogP contribution < -0.4 is 4.74 Å². The van der Waals surface area contributed by atoms with E-state index in [9.17, 15) is 4.79 Å². The summed E-state index contributed by atoms with van der Waals surface area (Å²) in [7, 11) is 0. The maximum Gasteiger partial charge on any atom is 0.341 e. The Balaban J connectivity index is 2.01. The second kappa shape index (κ2) is 4.22. The monoisotopic (exact) mass is 279 g/mol. The Kier molecular flexibility index (Phi) is 2.68. The van der Waals surface area contributed by atoms with E-state index in [4.69, 9.17) is 22.1 Å². The van der Waals surface area contributed by atoms with Gasteiger partial charge in [-0.05, 0) is 18.3 Å². The minimum atomic E-state index is -0.972. The molecule has 1 aromatic heterocycles. The first-order chi connectivity index (χ1) is 8.65. The van der Waals surface area contributed by atoms with Gasteiger partial charge in [-0.1, -0.05) is 12.1 Å². The molecule has 2 N–H and O–H groups in total. The standard InChI is InChI=1S/C12H9NO3S2/c14-10(15)5-16-8-3-1-2-6-7(8)4-9-11(6)13-12(17)18-9/h1-3H,4-5H2,(H,13,17)(H,14,15). The van der Waals surface area contributed by atoms with Crippen LogP contribution in [0.4, 0.5) is 0 Å². The summed E-state index contributed by atoms with van der Waals surface area (Å²) in [5.41, 5.74) is 3.13. The predicted molar refractivity (Wildman–Crippen MR) is 70.9 cm³/mol. The van der Waals surface area contributed by atoms with Crippen LogP contribution in [0.5, 0.6) is 5.75 Å². The largest absolute Gasteiger partial charge is 0.482 e. The Morgan fingerprint density at radius 2 is 2.39 bits per heavy atom. The van der Waals surface area contributed by atoms with Crippen LogP contribution in [0.1, 0.15) is 10.4 Å². The number of benzene rings is 1. The van der Waals surface area contributed by atoms with Gasteiger partial charge in [0.25, 0.3) is 0 Å². The van der Waals surface area contributed by atoms with Gasteiger partial charge in [0, 0.05) is 22.4 Å². The molecule has 1 aromatic carbocycles. The summed E-state index contributed by atoms with van der Waals surface area (Å²) in [6.07, 6.45) is 0.748. The van der Waals surface area contributed by atoms with Gasteiger partial charge in [0.05, 0.1) is 5.69 Å². The number of carboxylic acid groups (broad SMARTS) is 1. The number of hydrogen-bond acceptors (Lipinski definition) is 4. The summed E-state index contributed by atoms with van der Waals surface area (Å²) in [4.78, 5) is 14.9. The fraction of sp³-hybridized carbons (Fsp3) is 0.167. The number of carbonyl (C=O) groups is 1. The number of rotatable bonds is 3. The van der Waals surface area contributed by atoms with Crippen molar-refractivity contribution in [2.45, 2.75) is 6.42 Å². The molecular weight excluding hydrogens is 270 g/mol. The molecule has 1 heterocycles. The van der Waals surface area contributed by atoms with Crippen molar-refractivity contribution in [2.24, 2.45) is 0 Å². The number of thiazole rings is 1. The van der Waals surface area contributed by atoms with E-state index in [0.29, 0.717) is 5.75 Å². The van der Waals surface area contributed by atoms with Gasteiger partial charge in [0.1, 0.15) is 5.75 Å². The number of aliphatic carboxylic acids is 1. The molecule has 0 amide bonds. The van der Waals surface area contributed by atoms with Crippen molar-refractivity contribution in [3.8, 4) is 17.0 Å². The molecule has 0 unspecified atom stereocenters. The summed E-state index contributed by atoms with van der Waals surface area (Å²) < 4.78 is 6.07. The average Bonchev–Trinajstić information content (AvgIpc) is 2.82. The van der Waals surface area contributed by atoms with E-state index in [1.165, 1.54) is 4.88 Å². The third kappa shape index (κ3) is 1.83. The lowest BCUT2D eigenvalue weighted by Gasteiger charge is -2.08. The van der Waals surface area contributed by atoms with Crippen LogP contribution in [-0.4, -0.2) is 22.7 Å². The molecule has 0 radical (unpaired) electrons. The summed E-state index contributed by atoms with van der Waals surface area (Å²) in [6, 6.07) is 5.65. The number of ether oxygens (including phenoxy) is 1. The van der Waals surface area contributed by atoms with E-state index in [2.05, 4.69) is 4.98 Å². The zero-order valence-electron chi connectivity index (χ0n) is 9.23. The van der Waals surface area contributed by atoms with Crippen molar-refractivity contribution >= 4 is 29.5 Å². The fourth-order valence-electron chi connectivity index (χ4n) is 2.12. The highest BCUT2D eigenvalue weighted by Crippen LogP contribution is 2.42. The SMILES string of the molecule is O=C(O)COc1cccc2c1Cc1sc(=S)[nH]c1-2. The van der Waals surface area contributed by atoms with Crippen LogP contribution in [0.2, 0.25) is 0 Å². The highest BCUT2D eigenvalue weighted by atomic mass is 32.1. The highest BCUT2D eigenvalue weighted by molar-refractivity contribution is 7.73. The van der Waals surface area contributed by atoms with Crippen molar-refractivity contribution in [1.82, 2.24) is 4.98 Å². The smallest absolute Gasteiger partial charge is 0.341 e. The van der Waals surface area contributed by atoms with E-state index >= 15 is 0 Å². The first kappa shape index (κ1) is 11.4. The average molecular weight is 279 g/mol. The maximum absolute atomic E-state index is 10.5. The quantitative estimate of drug-likeness (QED) is 0.724. The number of fused-ring (bicyclic) bond motifs is 3. The van der Waals surface area contributed by atoms with E-state index in [1.807, 2.05) is 12.1 Å². The van der Waals surface area contributed by atoms with Crippen LogP contribution in [-0.2, 0) is 11.2 Å². The lowest BCUT2D eigenvalue weighted by Crippen LogP contribution is -2.10. The minimum Gasteiger partial charge on any atom is -0.482 e. The van der Waals surface area contributed by atoms with Gasteiger partial charge in [-0.2, -0.15) is 0 Å². The Morgan fingerprint density at radius 3 is 3.17 bits per heavy atom. The van der Waals surface area contributed by atoms with E-state index in [1.54, 1.807) is 17.4 Å². The number of aromatic amines is 1. The first-order valence-corrected chi connectivity index (χ1v) is 6.56. The van der Waals surface area contributed by atoms with Crippen molar-refractivity contribution in [3.05, 3.63) is 32.6 Å². The van der Waals surface area contributed by atoms with Crippen LogP contribution in [0.25, 0.3) is 11.3 Å². The first-order valence-electron chi connectivity index (χ1n) is 5.34. The molecule has 0 aliphatic heterocycles. The summed E-state index contributed by atoms with van der Waals surface area (Å²) in [5.74, 6) is -0.336. The van der Waals surface area contributed by atoms with Crippen molar-refractivity contribution in [3.63, 3.8) is 0 Å². The second-order valence-corrected chi connectivity index (χ2v) is 5.73. The molecule has 0 saturated heterocycles. The molecule has 0 bridgehead atoms. The third-order valence-electron chi connectivity index (χ3n) is 2.81. The molecule has 1 aliphatic carbocycles. The molecule has 18 heavy (non-hydrogen) atoms.